The number of hydrogen-bond acceptors (Lipinski definition) is 5. The van der Waals surface area contributed by atoms with Gasteiger partial charge in [-0.2, -0.15) is 0 Å². The van der Waals surface area contributed by atoms with Crippen LogP contribution in [0.15, 0.2) is 59.7 Å². The van der Waals surface area contributed by atoms with E-state index in [1.165, 1.54) is 5.56 Å². The average molecular weight is 432 g/mol. The summed E-state index contributed by atoms with van der Waals surface area (Å²) in [5, 5.41) is 8.22. The van der Waals surface area contributed by atoms with Crippen molar-refractivity contribution in [3.05, 3.63) is 60.3 Å². The van der Waals surface area contributed by atoms with Crippen molar-refractivity contribution < 1.29 is 0 Å². The van der Waals surface area contributed by atoms with Crippen LogP contribution < -0.4 is 20.4 Å². The minimum atomic E-state index is 0.402. The molecule has 0 radical (unpaired) electrons. The van der Waals surface area contributed by atoms with Gasteiger partial charge in [-0.05, 0) is 49.6 Å². The SMILES string of the molecule is CCNC(=NCc1cc(N(C)C)nc2ccccc12)NC1CCN(c2ccccn2)CC1. The number of piperidine rings is 1. The van der Waals surface area contributed by atoms with Crippen molar-refractivity contribution in [1.29, 1.82) is 0 Å². The van der Waals surface area contributed by atoms with E-state index >= 15 is 0 Å². The molecule has 2 N–H and O–H groups in total. The lowest BCUT2D eigenvalue weighted by molar-refractivity contribution is 0.459. The Morgan fingerprint density at radius 2 is 1.91 bits per heavy atom. The lowest BCUT2D eigenvalue weighted by Crippen LogP contribution is -2.48. The molecular formula is C25H33N7. The van der Waals surface area contributed by atoms with Gasteiger partial charge in [0.25, 0.3) is 0 Å². The third-order valence-electron chi connectivity index (χ3n) is 5.81. The monoisotopic (exact) mass is 431 g/mol. The number of nitrogens with one attached hydrogen (secondary N) is 2. The fourth-order valence-electron chi connectivity index (χ4n) is 4.06. The van der Waals surface area contributed by atoms with Gasteiger partial charge in [0, 0.05) is 51.4 Å². The molecule has 32 heavy (non-hydrogen) atoms. The summed E-state index contributed by atoms with van der Waals surface area (Å²) in [6.45, 7) is 5.53. The van der Waals surface area contributed by atoms with E-state index in [9.17, 15) is 0 Å². The first-order valence-corrected chi connectivity index (χ1v) is 11.4. The average Bonchev–Trinajstić information content (AvgIpc) is 2.83. The summed E-state index contributed by atoms with van der Waals surface area (Å²) >= 11 is 0. The lowest BCUT2D eigenvalue weighted by Gasteiger charge is -2.33. The normalized spacial score (nSPS) is 15.1. The maximum atomic E-state index is 4.93. The molecule has 0 atom stereocenters. The van der Waals surface area contributed by atoms with Crippen molar-refractivity contribution in [2.45, 2.75) is 32.4 Å². The standard InChI is InChI=1S/C25H33N7/c1-4-26-25(29-20-12-15-32(16-13-20)23-11-7-8-14-27-23)28-18-19-17-24(31(2)3)30-22-10-6-5-9-21(19)22/h5-11,14,17,20H,4,12-13,15-16,18H2,1-3H3,(H2,26,28,29). The molecule has 7 heteroatoms. The van der Waals surface area contributed by atoms with Gasteiger partial charge in [0.05, 0.1) is 12.1 Å². The lowest BCUT2D eigenvalue weighted by atomic mass is 10.1. The summed E-state index contributed by atoms with van der Waals surface area (Å²) in [5.41, 5.74) is 2.19. The first-order chi connectivity index (χ1) is 15.6. The Balaban J connectivity index is 1.45. The fourth-order valence-corrected chi connectivity index (χ4v) is 4.06. The second-order valence-corrected chi connectivity index (χ2v) is 8.34. The van der Waals surface area contributed by atoms with Gasteiger partial charge >= 0.3 is 0 Å². The molecule has 1 aliphatic heterocycles. The zero-order chi connectivity index (χ0) is 22.3. The molecule has 2 aromatic heterocycles. The van der Waals surface area contributed by atoms with Crippen LogP contribution in [0.25, 0.3) is 10.9 Å². The van der Waals surface area contributed by atoms with Crippen molar-refractivity contribution in [1.82, 2.24) is 20.6 Å². The van der Waals surface area contributed by atoms with Crippen LogP contribution in [0.2, 0.25) is 0 Å². The second kappa shape index (κ2) is 10.3. The number of aliphatic imine (C=N–C) groups is 1. The van der Waals surface area contributed by atoms with E-state index in [0.29, 0.717) is 12.6 Å². The zero-order valence-electron chi connectivity index (χ0n) is 19.3. The molecule has 1 fully saturated rings. The topological polar surface area (TPSA) is 68.7 Å². The van der Waals surface area contributed by atoms with Crippen molar-refractivity contribution in [3.8, 4) is 0 Å². The first-order valence-electron chi connectivity index (χ1n) is 11.4. The minimum Gasteiger partial charge on any atom is -0.363 e. The molecule has 1 aliphatic rings. The van der Waals surface area contributed by atoms with Gasteiger partial charge in [-0.25, -0.2) is 15.0 Å². The third-order valence-corrected chi connectivity index (χ3v) is 5.81. The first kappa shape index (κ1) is 21.9. The number of benzene rings is 1. The number of fused-ring (bicyclic) bond motifs is 1. The molecule has 0 aliphatic carbocycles. The molecule has 168 valence electrons. The van der Waals surface area contributed by atoms with E-state index in [1.54, 1.807) is 0 Å². The number of hydrogen-bond donors (Lipinski definition) is 2. The third kappa shape index (κ3) is 5.28. The Hall–Kier alpha value is -3.35. The summed E-state index contributed by atoms with van der Waals surface area (Å²) in [7, 11) is 4.04. The highest BCUT2D eigenvalue weighted by Gasteiger charge is 2.20. The molecule has 3 heterocycles. The molecule has 0 spiro atoms. The number of para-hydroxylation sites is 1. The number of pyridine rings is 2. The Morgan fingerprint density at radius 3 is 2.62 bits per heavy atom. The maximum Gasteiger partial charge on any atom is 0.191 e. The number of nitrogens with zero attached hydrogens (tertiary/aromatic N) is 5. The van der Waals surface area contributed by atoms with Crippen molar-refractivity contribution >= 4 is 28.5 Å². The van der Waals surface area contributed by atoms with Crippen molar-refractivity contribution in [2.24, 2.45) is 4.99 Å². The molecule has 0 bridgehead atoms. The summed E-state index contributed by atoms with van der Waals surface area (Å²) in [5.74, 6) is 2.89. The van der Waals surface area contributed by atoms with Gasteiger partial charge < -0.3 is 20.4 Å². The molecule has 7 nitrogen and oxygen atoms in total. The van der Waals surface area contributed by atoms with Gasteiger partial charge in [-0.15, -0.1) is 0 Å². The number of aromatic nitrogens is 2. The molecular weight excluding hydrogens is 398 g/mol. The molecule has 1 aromatic carbocycles. The van der Waals surface area contributed by atoms with Crippen LogP contribution in [-0.2, 0) is 6.54 Å². The molecule has 0 saturated carbocycles. The van der Waals surface area contributed by atoms with Crippen LogP contribution >= 0.6 is 0 Å². The van der Waals surface area contributed by atoms with Crippen molar-refractivity contribution in [2.75, 3.05) is 43.5 Å². The predicted octanol–water partition coefficient (Wildman–Crippen LogP) is 3.42. The Bertz CT molecular complexity index is 1040. The van der Waals surface area contributed by atoms with E-state index in [1.807, 2.05) is 43.4 Å². The Kier molecular flexibility index (Phi) is 7.04. The molecule has 1 saturated heterocycles. The van der Waals surface area contributed by atoms with Crippen LogP contribution in [0.5, 0.6) is 0 Å². The van der Waals surface area contributed by atoms with E-state index in [4.69, 9.17) is 9.98 Å². The molecule has 4 rings (SSSR count). The largest absolute Gasteiger partial charge is 0.363 e. The van der Waals surface area contributed by atoms with E-state index in [-0.39, 0.29) is 0 Å². The van der Waals surface area contributed by atoms with Gasteiger partial charge in [-0.3, -0.25) is 0 Å². The van der Waals surface area contributed by atoms with Crippen molar-refractivity contribution in [3.63, 3.8) is 0 Å². The number of guanidine groups is 1. The van der Waals surface area contributed by atoms with E-state index < -0.39 is 0 Å². The van der Waals surface area contributed by atoms with Crippen LogP contribution in [0.4, 0.5) is 11.6 Å². The van der Waals surface area contributed by atoms with Gasteiger partial charge in [0.1, 0.15) is 11.6 Å². The molecule has 0 amide bonds. The maximum absolute atomic E-state index is 4.93. The quantitative estimate of drug-likeness (QED) is 0.460. The Labute approximate surface area is 190 Å². The van der Waals surface area contributed by atoms with Gasteiger partial charge in [0.2, 0.25) is 0 Å². The highest BCUT2D eigenvalue weighted by molar-refractivity contribution is 5.85. The van der Waals surface area contributed by atoms with Crippen LogP contribution in [0, 0.1) is 0 Å². The fraction of sp³-hybridized carbons (Fsp3) is 0.400. The van der Waals surface area contributed by atoms with Crippen LogP contribution in [-0.4, -0.2) is 55.7 Å². The summed E-state index contributed by atoms with van der Waals surface area (Å²) in [4.78, 5) is 18.6. The summed E-state index contributed by atoms with van der Waals surface area (Å²) in [6, 6.07) is 16.9. The summed E-state index contributed by atoms with van der Waals surface area (Å²) < 4.78 is 0. The van der Waals surface area contributed by atoms with E-state index in [0.717, 1.165) is 61.0 Å². The van der Waals surface area contributed by atoms with Crippen LogP contribution in [0.3, 0.4) is 0 Å². The molecule has 3 aromatic rings. The summed E-state index contributed by atoms with van der Waals surface area (Å²) in [6.07, 6.45) is 3.98. The van der Waals surface area contributed by atoms with E-state index in [2.05, 4.69) is 57.8 Å². The van der Waals surface area contributed by atoms with Gasteiger partial charge in [-0.1, -0.05) is 24.3 Å². The predicted molar refractivity (Wildman–Crippen MR) is 133 cm³/mol. The number of rotatable bonds is 6. The highest BCUT2D eigenvalue weighted by Crippen LogP contribution is 2.23. The van der Waals surface area contributed by atoms with Crippen LogP contribution in [0.1, 0.15) is 25.3 Å². The Morgan fingerprint density at radius 1 is 1.12 bits per heavy atom. The zero-order valence-corrected chi connectivity index (χ0v) is 19.3. The minimum absolute atomic E-state index is 0.402. The smallest absolute Gasteiger partial charge is 0.191 e. The number of anilines is 2. The second-order valence-electron chi connectivity index (χ2n) is 8.34. The highest BCUT2D eigenvalue weighted by atomic mass is 15.2. The van der Waals surface area contributed by atoms with Gasteiger partial charge in [0.15, 0.2) is 5.96 Å². The molecule has 0 unspecified atom stereocenters.